The summed E-state index contributed by atoms with van der Waals surface area (Å²) in [6.45, 7) is 0.526. The number of fused-ring (bicyclic) bond motifs is 3. The summed E-state index contributed by atoms with van der Waals surface area (Å²) in [5, 5.41) is 4.21. The maximum Gasteiger partial charge on any atom is 0.223 e. The van der Waals surface area contributed by atoms with E-state index in [0.717, 1.165) is 36.1 Å². The quantitative estimate of drug-likeness (QED) is 0.770. The minimum atomic E-state index is 0.00868. The molecule has 25 heavy (non-hydrogen) atoms. The molecule has 128 valence electrons. The van der Waals surface area contributed by atoms with Crippen molar-refractivity contribution in [1.82, 2.24) is 15.3 Å². The number of rotatable bonds is 4. The van der Waals surface area contributed by atoms with Gasteiger partial charge in [-0.05, 0) is 54.7 Å². The number of aromatic nitrogens is 2. The first kappa shape index (κ1) is 15.7. The minimum absolute atomic E-state index is 0.00868. The van der Waals surface area contributed by atoms with E-state index in [-0.39, 0.29) is 11.8 Å². The predicted molar refractivity (Wildman–Crippen MR) is 96.4 cm³/mol. The molecule has 5 nitrogen and oxygen atoms in total. The van der Waals surface area contributed by atoms with Crippen LogP contribution in [0.3, 0.4) is 0 Å². The van der Waals surface area contributed by atoms with Gasteiger partial charge in [0.2, 0.25) is 5.91 Å². The van der Waals surface area contributed by atoms with Crippen LogP contribution in [0.5, 0.6) is 5.75 Å². The summed E-state index contributed by atoms with van der Waals surface area (Å²) in [5.41, 5.74) is 4.63. The Labute approximate surface area is 146 Å². The van der Waals surface area contributed by atoms with Gasteiger partial charge in [0, 0.05) is 41.5 Å². The first-order valence-electron chi connectivity index (χ1n) is 8.58. The molecule has 1 aromatic carbocycles. The summed E-state index contributed by atoms with van der Waals surface area (Å²) < 4.78 is 5.35. The van der Waals surface area contributed by atoms with Crippen LogP contribution in [0, 0.1) is 5.92 Å². The van der Waals surface area contributed by atoms with Crippen LogP contribution in [0.2, 0.25) is 0 Å². The van der Waals surface area contributed by atoms with Crippen molar-refractivity contribution in [2.24, 2.45) is 5.92 Å². The van der Waals surface area contributed by atoms with Crippen molar-refractivity contribution in [2.45, 2.75) is 25.8 Å². The van der Waals surface area contributed by atoms with E-state index in [1.165, 1.54) is 16.6 Å². The number of amides is 1. The average Bonchev–Trinajstić information content (AvgIpc) is 3.03. The Balaban J connectivity index is 1.50. The third-order valence-electron chi connectivity index (χ3n) is 4.96. The first-order chi connectivity index (χ1) is 12.2. The smallest absolute Gasteiger partial charge is 0.223 e. The van der Waals surface area contributed by atoms with E-state index in [4.69, 9.17) is 4.74 Å². The molecular formula is C20H21N3O2. The van der Waals surface area contributed by atoms with Gasteiger partial charge in [0.15, 0.2) is 0 Å². The van der Waals surface area contributed by atoms with Gasteiger partial charge in [0.1, 0.15) is 5.75 Å². The van der Waals surface area contributed by atoms with Crippen LogP contribution in [0.4, 0.5) is 0 Å². The van der Waals surface area contributed by atoms with E-state index in [1.54, 1.807) is 19.5 Å². The van der Waals surface area contributed by atoms with Crippen LogP contribution in [0.25, 0.3) is 10.9 Å². The predicted octanol–water partition coefficient (Wildman–Crippen LogP) is 2.99. The lowest BCUT2D eigenvalue weighted by Crippen LogP contribution is -2.33. The van der Waals surface area contributed by atoms with Gasteiger partial charge in [-0.15, -0.1) is 0 Å². The Kier molecular flexibility index (Phi) is 4.14. The Morgan fingerprint density at radius 1 is 1.40 bits per heavy atom. The molecule has 3 aromatic rings. The minimum Gasteiger partial charge on any atom is -0.497 e. The lowest BCUT2D eigenvalue weighted by atomic mass is 9.85. The maximum absolute atomic E-state index is 12.6. The van der Waals surface area contributed by atoms with Crippen LogP contribution in [0.15, 0.2) is 42.7 Å². The second kappa shape index (κ2) is 6.59. The fraction of sp³-hybridized carbons (Fsp3) is 0.300. The summed E-state index contributed by atoms with van der Waals surface area (Å²) in [6.07, 6.45) is 6.05. The standard InChI is InChI=1S/C20H21N3O2/c1-25-15-5-7-19-17(10-15)16-9-14(4-6-18(16)23-19)20(24)22-12-13-3-2-8-21-11-13/h2-3,5,7-8,10-11,14,23H,4,6,9,12H2,1H3,(H,22,24). The first-order valence-corrected chi connectivity index (χ1v) is 8.58. The van der Waals surface area contributed by atoms with Gasteiger partial charge in [0.25, 0.3) is 0 Å². The number of aryl methyl sites for hydroxylation is 1. The molecule has 0 radical (unpaired) electrons. The number of ether oxygens (including phenoxy) is 1. The molecule has 0 aliphatic heterocycles. The largest absolute Gasteiger partial charge is 0.497 e. The number of hydrogen-bond acceptors (Lipinski definition) is 3. The highest BCUT2D eigenvalue weighted by Gasteiger charge is 2.27. The molecule has 4 rings (SSSR count). The van der Waals surface area contributed by atoms with E-state index < -0.39 is 0 Å². The normalized spacial score (nSPS) is 16.4. The molecule has 2 heterocycles. The molecule has 1 amide bonds. The second-order valence-electron chi connectivity index (χ2n) is 6.51. The molecule has 0 saturated carbocycles. The number of hydrogen-bond donors (Lipinski definition) is 2. The van der Waals surface area contributed by atoms with E-state index in [9.17, 15) is 4.79 Å². The van der Waals surface area contributed by atoms with E-state index in [0.29, 0.717) is 6.54 Å². The van der Waals surface area contributed by atoms with Crippen molar-refractivity contribution in [2.75, 3.05) is 7.11 Å². The molecule has 0 spiro atoms. The van der Waals surface area contributed by atoms with Crippen molar-refractivity contribution in [3.63, 3.8) is 0 Å². The number of benzene rings is 1. The number of nitrogens with zero attached hydrogens (tertiary/aromatic N) is 1. The van der Waals surface area contributed by atoms with Crippen LogP contribution >= 0.6 is 0 Å². The highest BCUT2D eigenvalue weighted by Crippen LogP contribution is 2.33. The van der Waals surface area contributed by atoms with Crippen molar-refractivity contribution in [3.8, 4) is 5.75 Å². The van der Waals surface area contributed by atoms with Gasteiger partial charge in [-0.1, -0.05) is 6.07 Å². The van der Waals surface area contributed by atoms with Crippen LogP contribution in [0.1, 0.15) is 23.2 Å². The molecule has 1 atom stereocenters. The molecule has 5 heteroatoms. The molecule has 0 saturated heterocycles. The fourth-order valence-electron chi connectivity index (χ4n) is 3.58. The van der Waals surface area contributed by atoms with E-state index >= 15 is 0 Å². The number of carbonyl (C=O) groups is 1. The zero-order valence-electron chi connectivity index (χ0n) is 14.2. The topological polar surface area (TPSA) is 67.0 Å². The molecule has 2 N–H and O–H groups in total. The van der Waals surface area contributed by atoms with Gasteiger partial charge in [-0.2, -0.15) is 0 Å². The number of carbonyl (C=O) groups excluding carboxylic acids is 1. The number of pyridine rings is 1. The molecule has 0 fully saturated rings. The zero-order chi connectivity index (χ0) is 17.2. The Morgan fingerprint density at radius 2 is 2.32 bits per heavy atom. The van der Waals surface area contributed by atoms with Gasteiger partial charge in [-0.25, -0.2) is 0 Å². The number of aromatic amines is 1. The number of H-pyrrole nitrogens is 1. The Bertz CT molecular complexity index is 902. The molecule has 0 bridgehead atoms. The Morgan fingerprint density at radius 3 is 3.12 bits per heavy atom. The molecule has 1 aliphatic carbocycles. The highest BCUT2D eigenvalue weighted by molar-refractivity contribution is 5.88. The molecule has 2 aromatic heterocycles. The lowest BCUT2D eigenvalue weighted by molar-refractivity contribution is -0.125. The summed E-state index contributed by atoms with van der Waals surface area (Å²) >= 11 is 0. The average molecular weight is 335 g/mol. The number of nitrogens with one attached hydrogen (secondary N) is 2. The maximum atomic E-state index is 12.6. The Hall–Kier alpha value is -2.82. The molecule has 1 unspecified atom stereocenters. The number of methoxy groups -OCH3 is 1. The van der Waals surface area contributed by atoms with Crippen molar-refractivity contribution in [3.05, 3.63) is 59.5 Å². The third kappa shape index (κ3) is 3.09. The van der Waals surface area contributed by atoms with Gasteiger partial charge < -0.3 is 15.0 Å². The SMILES string of the molecule is COc1ccc2[nH]c3c(c2c1)CC(C(=O)NCc1cccnc1)CC3. The van der Waals surface area contributed by atoms with Crippen molar-refractivity contribution in [1.29, 1.82) is 0 Å². The fourth-order valence-corrected chi connectivity index (χ4v) is 3.58. The zero-order valence-corrected chi connectivity index (χ0v) is 14.2. The van der Waals surface area contributed by atoms with Gasteiger partial charge >= 0.3 is 0 Å². The van der Waals surface area contributed by atoms with Gasteiger partial charge in [0.05, 0.1) is 7.11 Å². The van der Waals surface area contributed by atoms with E-state index in [1.807, 2.05) is 24.3 Å². The second-order valence-corrected chi connectivity index (χ2v) is 6.51. The lowest BCUT2D eigenvalue weighted by Gasteiger charge is -2.22. The molecule has 1 aliphatic rings. The van der Waals surface area contributed by atoms with Crippen molar-refractivity contribution < 1.29 is 9.53 Å². The highest BCUT2D eigenvalue weighted by atomic mass is 16.5. The van der Waals surface area contributed by atoms with Crippen LogP contribution in [-0.4, -0.2) is 23.0 Å². The van der Waals surface area contributed by atoms with Crippen molar-refractivity contribution >= 4 is 16.8 Å². The van der Waals surface area contributed by atoms with E-state index in [2.05, 4.69) is 21.4 Å². The monoisotopic (exact) mass is 335 g/mol. The summed E-state index contributed by atoms with van der Waals surface area (Å²) in [7, 11) is 1.68. The van der Waals surface area contributed by atoms with Gasteiger partial charge in [-0.3, -0.25) is 9.78 Å². The summed E-state index contributed by atoms with van der Waals surface area (Å²) in [4.78, 5) is 20.2. The third-order valence-corrected chi connectivity index (χ3v) is 4.96. The van der Waals surface area contributed by atoms with Crippen LogP contribution < -0.4 is 10.1 Å². The molecular weight excluding hydrogens is 314 g/mol. The summed E-state index contributed by atoms with van der Waals surface area (Å²) in [6, 6.07) is 9.92. The summed E-state index contributed by atoms with van der Waals surface area (Å²) in [5.74, 6) is 0.971. The van der Waals surface area contributed by atoms with Crippen LogP contribution in [-0.2, 0) is 24.2 Å².